The van der Waals surface area contributed by atoms with E-state index in [4.69, 9.17) is 4.74 Å². The number of halogens is 3. The maximum absolute atomic E-state index is 13.9. The normalized spacial score (nSPS) is 11.0. The minimum atomic E-state index is -0.427. The van der Waals surface area contributed by atoms with E-state index in [1.54, 1.807) is 42.5 Å². The van der Waals surface area contributed by atoms with Gasteiger partial charge in [-0.25, -0.2) is 4.39 Å². The SMILES string of the molecule is C=CCOc1c(Br)cc(C=C(C#N)c2ccccc2F)cc1Br. The molecule has 116 valence electrons. The maximum Gasteiger partial charge on any atom is 0.148 e. The second kappa shape index (κ2) is 8.09. The van der Waals surface area contributed by atoms with Crippen LogP contribution >= 0.6 is 31.9 Å². The highest BCUT2D eigenvalue weighted by Gasteiger charge is 2.10. The third-order valence-corrected chi connectivity index (χ3v) is 4.14. The largest absolute Gasteiger partial charge is 0.487 e. The van der Waals surface area contributed by atoms with E-state index < -0.39 is 5.82 Å². The van der Waals surface area contributed by atoms with E-state index in [1.807, 2.05) is 6.07 Å². The van der Waals surface area contributed by atoms with Crippen molar-refractivity contribution >= 4 is 43.5 Å². The number of allylic oxidation sites excluding steroid dienone is 1. The lowest BCUT2D eigenvalue weighted by molar-refractivity contribution is 0.358. The van der Waals surface area contributed by atoms with Crippen LogP contribution in [0.3, 0.4) is 0 Å². The highest BCUT2D eigenvalue weighted by atomic mass is 79.9. The van der Waals surface area contributed by atoms with Gasteiger partial charge in [-0.05, 0) is 61.7 Å². The summed E-state index contributed by atoms with van der Waals surface area (Å²) in [4.78, 5) is 0. The van der Waals surface area contributed by atoms with Crippen molar-refractivity contribution in [3.63, 3.8) is 0 Å². The average molecular weight is 437 g/mol. The van der Waals surface area contributed by atoms with Gasteiger partial charge in [0.25, 0.3) is 0 Å². The molecule has 23 heavy (non-hydrogen) atoms. The number of nitriles is 1. The number of rotatable bonds is 5. The lowest BCUT2D eigenvalue weighted by atomic mass is 10.0. The molecule has 0 aliphatic rings. The van der Waals surface area contributed by atoms with Crippen LogP contribution in [0.15, 0.2) is 58.0 Å². The first-order valence-corrected chi connectivity index (χ1v) is 8.25. The number of hydrogen-bond acceptors (Lipinski definition) is 2. The van der Waals surface area contributed by atoms with E-state index >= 15 is 0 Å². The summed E-state index contributed by atoms with van der Waals surface area (Å²) in [5.74, 6) is 0.218. The number of nitrogens with zero attached hydrogens (tertiary/aromatic N) is 1. The van der Waals surface area contributed by atoms with E-state index in [9.17, 15) is 9.65 Å². The first-order valence-electron chi connectivity index (χ1n) is 6.66. The molecule has 2 aromatic rings. The Hall–Kier alpha value is -1.90. The van der Waals surface area contributed by atoms with Gasteiger partial charge in [0.1, 0.15) is 18.2 Å². The fourth-order valence-corrected chi connectivity index (χ4v) is 3.41. The third kappa shape index (κ3) is 4.31. The van der Waals surface area contributed by atoms with Crippen molar-refractivity contribution < 1.29 is 9.13 Å². The Labute approximate surface area is 151 Å². The highest BCUT2D eigenvalue weighted by molar-refractivity contribution is 9.11. The van der Waals surface area contributed by atoms with Gasteiger partial charge in [0.2, 0.25) is 0 Å². The molecule has 2 nitrogen and oxygen atoms in total. The summed E-state index contributed by atoms with van der Waals surface area (Å²) in [6, 6.07) is 11.9. The molecular weight excluding hydrogens is 425 g/mol. The summed E-state index contributed by atoms with van der Waals surface area (Å²) < 4.78 is 20.9. The van der Waals surface area contributed by atoms with Gasteiger partial charge in [-0.2, -0.15) is 5.26 Å². The summed E-state index contributed by atoms with van der Waals surface area (Å²) in [5.41, 5.74) is 1.27. The molecule has 0 N–H and O–H groups in total. The lowest BCUT2D eigenvalue weighted by Gasteiger charge is -2.10. The second-order valence-electron chi connectivity index (χ2n) is 4.56. The van der Waals surface area contributed by atoms with Crippen molar-refractivity contribution in [3.8, 4) is 11.8 Å². The number of hydrogen-bond donors (Lipinski definition) is 0. The van der Waals surface area contributed by atoms with Crippen molar-refractivity contribution in [1.29, 1.82) is 5.26 Å². The first-order chi connectivity index (χ1) is 11.1. The molecule has 0 aromatic heterocycles. The molecule has 0 heterocycles. The molecule has 0 bridgehead atoms. The lowest BCUT2D eigenvalue weighted by Crippen LogP contribution is -1.95. The summed E-state index contributed by atoms with van der Waals surface area (Å²) in [6.45, 7) is 3.99. The van der Waals surface area contributed by atoms with Gasteiger partial charge in [0.15, 0.2) is 0 Å². The predicted octanol–water partition coefficient (Wildman–Crippen LogP) is 5.98. The van der Waals surface area contributed by atoms with Crippen LogP contribution in [0, 0.1) is 17.1 Å². The van der Waals surface area contributed by atoms with E-state index in [-0.39, 0.29) is 11.1 Å². The molecule has 0 unspecified atom stereocenters. The summed E-state index contributed by atoms with van der Waals surface area (Å²) in [7, 11) is 0. The summed E-state index contributed by atoms with van der Waals surface area (Å²) in [5, 5.41) is 9.33. The van der Waals surface area contributed by atoms with E-state index in [2.05, 4.69) is 38.4 Å². The number of ether oxygens (including phenoxy) is 1. The van der Waals surface area contributed by atoms with E-state index in [0.717, 1.165) is 14.5 Å². The highest BCUT2D eigenvalue weighted by Crippen LogP contribution is 2.36. The van der Waals surface area contributed by atoms with Crippen molar-refractivity contribution in [2.45, 2.75) is 0 Å². The Morgan fingerprint density at radius 3 is 2.48 bits per heavy atom. The smallest absolute Gasteiger partial charge is 0.148 e. The fourth-order valence-electron chi connectivity index (χ4n) is 1.96. The molecule has 0 radical (unpaired) electrons. The zero-order valence-electron chi connectivity index (χ0n) is 12.0. The minimum Gasteiger partial charge on any atom is -0.487 e. The van der Waals surface area contributed by atoms with Crippen LogP contribution in [0.4, 0.5) is 4.39 Å². The quantitative estimate of drug-likeness (QED) is 0.328. The Morgan fingerprint density at radius 1 is 1.26 bits per heavy atom. The van der Waals surface area contributed by atoms with Gasteiger partial charge in [-0.15, -0.1) is 0 Å². The summed E-state index contributed by atoms with van der Waals surface area (Å²) >= 11 is 6.87. The molecular formula is C18H12Br2FNO. The zero-order valence-corrected chi connectivity index (χ0v) is 15.2. The van der Waals surface area contributed by atoms with E-state index in [1.165, 1.54) is 6.07 Å². The van der Waals surface area contributed by atoms with Gasteiger partial charge < -0.3 is 4.74 Å². The van der Waals surface area contributed by atoms with Crippen molar-refractivity contribution in [3.05, 3.63) is 74.9 Å². The van der Waals surface area contributed by atoms with Gasteiger partial charge >= 0.3 is 0 Å². The molecule has 0 amide bonds. The molecule has 0 atom stereocenters. The zero-order chi connectivity index (χ0) is 16.8. The van der Waals surface area contributed by atoms with Crippen molar-refractivity contribution in [2.24, 2.45) is 0 Å². The molecule has 2 rings (SSSR count). The van der Waals surface area contributed by atoms with Gasteiger partial charge in [0, 0.05) is 5.56 Å². The van der Waals surface area contributed by atoms with Gasteiger partial charge in [0.05, 0.1) is 20.6 Å². The average Bonchev–Trinajstić information content (AvgIpc) is 2.53. The third-order valence-electron chi connectivity index (χ3n) is 2.96. The van der Waals surface area contributed by atoms with Gasteiger partial charge in [-0.1, -0.05) is 30.9 Å². The second-order valence-corrected chi connectivity index (χ2v) is 6.27. The molecule has 0 spiro atoms. The Balaban J connectivity index is 2.44. The molecule has 5 heteroatoms. The topological polar surface area (TPSA) is 33.0 Å². The molecule has 0 saturated carbocycles. The van der Waals surface area contributed by atoms with Crippen LogP contribution in [0.2, 0.25) is 0 Å². The Bertz CT molecular complexity index is 786. The van der Waals surface area contributed by atoms with Crippen LogP contribution in [-0.2, 0) is 0 Å². The maximum atomic E-state index is 13.9. The standard InChI is InChI=1S/C18H12Br2FNO/c1-2-7-23-18-15(19)9-12(10-16(18)20)8-13(11-22)14-5-3-4-6-17(14)21/h2-6,8-10H,1,7H2. The van der Waals surface area contributed by atoms with E-state index in [0.29, 0.717) is 12.4 Å². The molecule has 0 aliphatic carbocycles. The van der Waals surface area contributed by atoms with Gasteiger partial charge in [-0.3, -0.25) is 0 Å². The molecule has 2 aromatic carbocycles. The monoisotopic (exact) mass is 435 g/mol. The fraction of sp³-hybridized carbons (Fsp3) is 0.0556. The van der Waals surface area contributed by atoms with Crippen LogP contribution in [-0.4, -0.2) is 6.61 Å². The summed E-state index contributed by atoms with van der Waals surface area (Å²) in [6.07, 6.45) is 3.28. The van der Waals surface area contributed by atoms with Crippen LogP contribution < -0.4 is 4.74 Å². The van der Waals surface area contributed by atoms with Crippen molar-refractivity contribution in [2.75, 3.05) is 6.61 Å². The molecule has 0 saturated heterocycles. The van der Waals surface area contributed by atoms with Crippen LogP contribution in [0.5, 0.6) is 5.75 Å². The predicted molar refractivity (Wildman–Crippen MR) is 97.4 cm³/mol. The Morgan fingerprint density at radius 2 is 1.91 bits per heavy atom. The number of benzene rings is 2. The molecule has 0 aliphatic heterocycles. The van der Waals surface area contributed by atoms with Crippen molar-refractivity contribution in [1.82, 2.24) is 0 Å². The minimum absolute atomic E-state index is 0.252. The molecule has 0 fully saturated rings. The van der Waals surface area contributed by atoms with Crippen LogP contribution in [0.1, 0.15) is 11.1 Å². The first kappa shape index (κ1) is 17.5. The Kier molecular flexibility index (Phi) is 6.14. The van der Waals surface area contributed by atoms with Crippen LogP contribution in [0.25, 0.3) is 11.6 Å².